The molecule has 25 heavy (non-hydrogen) atoms. The molecule has 1 aromatic heterocycles. The van der Waals surface area contributed by atoms with Crippen LogP contribution in [0.2, 0.25) is 0 Å². The van der Waals surface area contributed by atoms with Gasteiger partial charge in [0.1, 0.15) is 0 Å². The predicted octanol–water partition coefficient (Wildman–Crippen LogP) is 2.43. The molecule has 2 aromatic rings. The molecule has 136 valence electrons. The molecule has 0 aliphatic carbocycles. The van der Waals surface area contributed by atoms with Crippen LogP contribution in [0.5, 0.6) is 0 Å². The first kappa shape index (κ1) is 18.9. The average Bonchev–Trinajstić information content (AvgIpc) is 3.03. The Morgan fingerprint density at radius 1 is 1.20 bits per heavy atom. The molecule has 0 spiro atoms. The van der Waals surface area contributed by atoms with Gasteiger partial charge in [0.05, 0.1) is 25.1 Å². The van der Waals surface area contributed by atoms with Gasteiger partial charge < -0.3 is 20.3 Å². The van der Waals surface area contributed by atoms with Crippen LogP contribution in [0.15, 0.2) is 34.9 Å². The summed E-state index contributed by atoms with van der Waals surface area (Å²) in [6.07, 6.45) is 1.26. The molecular formula is C18H26N4O3. The molecule has 7 nitrogen and oxygen atoms in total. The fraction of sp³-hybridized carbons (Fsp3) is 0.500. The van der Waals surface area contributed by atoms with Crippen molar-refractivity contribution in [2.24, 2.45) is 5.92 Å². The molecule has 1 aromatic carbocycles. The zero-order chi connectivity index (χ0) is 18.2. The Bertz CT molecular complexity index is 657. The van der Waals surface area contributed by atoms with E-state index in [1.165, 1.54) is 0 Å². The minimum atomic E-state index is -0.397. The molecule has 2 atom stereocenters. The minimum Gasteiger partial charge on any atom is -0.394 e. The number of amides is 2. The maximum Gasteiger partial charge on any atom is 0.315 e. The summed E-state index contributed by atoms with van der Waals surface area (Å²) >= 11 is 0. The molecular weight excluding hydrogens is 320 g/mol. The number of carbonyl (C=O) groups is 1. The molecule has 0 aliphatic heterocycles. The number of aliphatic hydroxyl groups excluding tert-OH is 1. The van der Waals surface area contributed by atoms with Crippen LogP contribution in [-0.2, 0) is 6.42 Å². The maximum atomic E-state index is 12.1. The summed E-state index contributed by atoms with van der Waals surface area (Å²) in [7, 11) is 0. The Morgan fingerprint density at radius 3 is 2.56 bits per heavy atom. The number of benzene rings is 1. The molecule has 2 amide bonds. The molecule has 0 radical (unpaired) electrons. The lowest BCUT2D eigenvalue weighted by Crippen LogP contribution is -2.45. The van der Waals surface area contributed by atoms with Crippen LogP contribution in [0.4, 0.5) is 4.79 Å². The number of carbonyl (C=O) groups excluding carboxylic acids is 1. The molecule has 0 saturated carbocycles. The lowest BCUT2D eigenvalue weighted by atomic mass is 10.0. The standard InChI is InChI=1S/C18H26N4O3/c1-12(2)9-15(11-23)20-18(24)19-13(3)17-21-16(25-22-17)10-14-7-5-4-6-8-14/h4-8,12-13,15,23H,9-11H2,1-3H3,(H2,19,20,24). The van der Waals surface area contributed by atoms with Crippen molar-refractivity contribution < 1.29 is 14.4 Å². The van der Waals surface area contributed by atoms with Gasteiger partial charge in [-0.1, -0.05) is 49.3 Å². The highest BCUT2D eigenvalue weighted by Crippen LogP contribution is 2.12. The molecule has 2 unspecified atom stereocenters. The first-order valence-electron chi connectivity index (χ1n) is 8.52. The first-order valence-corrected chi connectivity index (χ1v) is 8.52. The average molecular weight is 346 g/mol. The lowest BCUT2D eigenvalue weighted by molar-refractivity contribution is 0.204. The van der Waals surface area contributed by atoms with Gasteiger partial charge in [0.25, 0.3) is 0 Å². The van der Waals surface area contributed by atoms with Crippen molar-refractivity contribution in [1.29, 1.82) is 0 Å². The van der Waals surface area contributed by atoms with Crippen molar-refractivity contribution in [3.05, 3.63) is 47.6 Å². The van der Waals surface area contributed by atoms with Crippen molar-refractivity contribution in [1.82, 2.24) is 20.8 Å². The first-order chi connectivity index (χ1) is 12.0. The van der Waals surface area contributed by atoms with Gasteiger partial charge in [-0.2, -0.15) is 4.98 Å². The van der Waals surface area contributed by atoms with Gasteiger partial charge >= 0.3 is 6.03 Å². The number of nitrogens with zero attached hydrogens (tertiary/aromatic N) is 2. The van der Waals surface area contributed by atoms with E-state index in [1.54, 1.807) is 6.92 Å². The van der Waals surface area contributed by atoms with Crippen LogP contribution >= 0.6 is 0 Å². The van der Waals surface area contributed by atoms with Crippen LogP contribution in [0, 0.1) is 5.92 Å². The SMILES string of the molecule is CC(C)CC(CO)NC(=O)NC(C)c1noc(Cc2ccccc2)n1. The Hall–Kier alpha value is -2.41. The summed E-state index contributed by atoms with van der Waals surface area (Å²) in [5.74, 6) is 1.31. The summed E-state index contributed by atoms with van der Waals surface area (Å²) in [6.45, 7) is 5.77. The van der Waals surface area contributed by atoms with Crippen LogP contribution in [-0.4, -0.2) is 33.9 Å². The molecule has 1 heterocycles. The molecule has 7 heteroatoms. The number of aromatic nitrogens is 2. The van der Waals surface area contributed by atoms with Crippen LogP contribution < -0.4 is 10.6 Å². The number of nitrogens with one attached hydrogen (secondary N) is 2. The second-order valence-corrected chi connectivity index (χ2v) is 6.56. The molecule has 0 bridgehead atoms. The highest BCUT2D eigenvalue weighted by Gasteiger charge is 2.18. The van der Waals surface area contributed by atoms with Gasteiger partial charge in [-0.3, -0.25) is 0 Å². The summed E-state index contributed by atoms with van der Waals surface area (Å²) in [4.78, 5) is 16.4. The topological polar surface area (TPSA) is 100 Å². The fourth-order valence-corrected chi connectivity index (χ4v) is 2.52. The molecule has 2 rings (SSSR count). The molecule has 0 saturated heterocycles. The third-order valence-electron chi connectivity index (χ3n) is 3.73. The Balaban J connectivity index is 1.88. The van der Waals surface area contributed by atoms with E-state index >= 15 is 0 Å². The van der Waals surface area contributed by atoms with E-state index in [9.17, 15) is 9.90 Å². The van der Waals surface area contributed by atoms with Crippen molar-refractivity contribution in [2.75, 3.05) is 6.61 Å². The third kappa shape index (κ3) is 6.19. The van der Waals surface area contributed by atoms with E-state index in [0.717, 1.165) is 5.56 Å². The van der Waals surface area contributed by atoms with Gasteiger partial charge in [0.2, 0.25) is 5.89 Å². The van der Waals surface area contributed by atoms with E-state index in [-0.39, 0.29) is 18.7 Å². The molecule has 3 N–H and O–H groups in total. The van der Waals surface area contributed by atoms with Crippen LogP contribution in [0.1, 0.15) is 50.5 Å². The van der Waals surface area contributed by atoms with E-state index < -0.39 is 6.04 Å². The van der Waals surface area contributed by atoms with Crippen LogP contribution in [0.3, 0.4) is 0 Å². The van der Waals surface area contributed by atoms with E-state index in [4.69, 9.17) is 4.52 Å². The second-order valence-electron chi connectivity index (χ2n) is 6.56. The molecule has 0 fully saturated rings. The van der Waals surface area contributed by atoms with E-state index in [2.05, 4.69) is 20.8 Å². The third-order valence-corrected chi connectivity index (χ3v) is 3.73. The number of rotatable bonds is 8. The fourth-order valence-electron chi connectivity index (χ4n) is 2.52. The normalized spacial score (nSPS) is 13.5. The molecule has 0 aliphatic rings. The minimum absolute atomic E-state index is 0.0938. The smallest absolute Gasteiger partial charge is 0.315 e. The number of hydrogen-bond donors (Lipinski definition) is 3. The van der Waals surface area contributed by atoms with Gasteiger partial charge in [0, 0.05) is 0 Å². The number of urea groups is 1. The monoisotopic (exact) mass is 346 g/mol. The zero-order valence-corrected chi connectivity index (χ0v) is 14.9. The largest absolute Gasteiger partial charge is 0.394 e. The van der Waals surface area contributed by atoms with Crippen molar-refractivity contribution in [3.63, 3.8) is 0 Å². The van der Waals surface area contributed by atoms with Crippen molar-refractivity contribution in [2.45, 2.75) is 45.7 Å². The lowest BCUT2D eigenvalue weighted by Gasteiger charge is -2.19. The summed E-state index contributed by atoms with van der Waals surface area (Å²) < 4.78 is 5.25. The van der Waals surface area contributed by atoms with E-state index in [0.29, 0.717) is 30.5 Å². The summed E-state index contributed by atoms with van der Waals surface area (Å²) in [5.41, 5.74) is 1.08. The number of aliphatic hydroxyl groups is 1. The highest BCUT2D eigenvalue weighted by atomic mass is 16.5. The second kappa shape index (κ2) is 9.17. The van der Waals surface area contributed by atoms with Gasteiger partial charge in [-0.15, -0.1) is 0 Å². The summed E-state index contributed by atoms with van der Waals surface area (Å²) in [6, 6.07) is 8.81. The van der Waals surface area contributed by atoms with Crippen molar-refractivity contribution in [3.8, 4) is 0 Å². The van der Waals surface area contributed by atoms with Gasteiger partial charge in [-0.05, 0) is 24.8 Å². The Labute approximate surface area is 147 Å². The van der Waals surface area contributed by atoms with Crippen molar-refractivity contribution >= 4 is 6.03 Å². The quantitative estimate of drug-likeness (QED) is 0.681. The highest BCUT2D eigenvalue weighted by molar-refractivity contribution is 5.74. The zero-order valence-electron chi connectivity index (χ0n) is 14.9. The van der Waals surface area contributed by atoms with E-state index in [1.807, 2.05) is 44.2 Å². The summed E-state index contributed by atoms with van der Waals surface area (Å²) in [5, 5.41) is 18.8. The van der Waals surface area contributed by atoms with Gasteiger partial charge in [-0.25, -0.2) is 4.79 Å². The van der Waals surface area contributed by atoms with Gasteiger partial charge in [0.15, 0.2) is 5.82 Å². The maximum absolute atomic E-state index is 12.1. The Morgan fingerprint density at radius 2 is 1.92 bits per heavy atom. The number of hydrogen-bond acceptors (Lipinski definition) is 5. The predicted molar refractivity (Wildman–Crippen MR) is 94.0 cm³/mol. The van der Waals surface area contributed by atoms with Crippen LogP contribution in [0.25, 0.3) is 0 Å². The Kier molecular flexibility index (Phi) is 6.94.